The summed E-state index contributed by atoms with van der Waals surface area (Å²) < 4.78 is 16.5. The van der Waals surface area contributed by atoms with Gasteiger partial charge in [0.2, 0.25) is 5.52 Å². The molecular weight excluding hydrogens is 650 g/mol. The van der Waals surface area contributed by atoms with Crippen LogP contribution in [0.5, 0.6) is 0 Å². The summed E-state index contributed by atoms with van der Waals surface area (Å²) in [5, 5.41) is 21.8. The molecule has 2 rings (SSSR count). The van der Waals surface area contributed by atoms with Crippen molar-refractivity contribution in [2.24, 2.45) is 0 Å². The van der Waals surface area contributed by atoms with E-state index in [1.54, 1.807) is 6.07 Å². The molecule has 1 atom stereocenters. The van der Waals surface area contributed by atoms with Gasteiger partial charge in [-0.15, -0.1) is 0 Å². The van der Waals surface area contributed by atoms with Crippen LogP contribution in [0.4, 0.5) is 11.4 Å². The maximum absolute atomic E-state index is 12.6. The lowest BCUT2D eigenvalue weighted by Gasteiger charge is -2.28. The highest BCUT2D eigenvalue weighted by atomic mass is 35.5. The maximum atomic E-state index is 12.6. The smallest absolute Gasteiger partial charge is 0.306 e. The average molecular weight is 710 g/mol. The Morgan fingerprint density at radius 1 is 0.857 bits per heavy atom. The molecule has 0 aliphatic rings. The van der Waals surface area contributed by atoms with Crippen molar-refractivity contribution in [1.82, 2.24) is 10.3 Å². The van der Waals surface area contributed by atoms with Crippen LogP contribution in [0, 0.1) is 10.1 Å². The van der Waals surface area contributed by atoms with Crippen LogP contribution in [0.1, 0.15) is 122 Å². The van der Waals surface area contributed by atoms with Crippen molar-refractivity contribution in [3.8, 4) is 0 Å². The molecule has 0 amide bonds. The molecule has 1 aromatic heterocycles. The zero-order chi connectivity index (χ0) is 35.0. The van der Waals surface area contributed by atoms with Crippen LogP contribution < -0.4 is 17.7 Å². The Kier molecular flexibility index (Phi) is 22.9. The summed E-state index contributed by atoms with van der Waals surface area (Å²) in [5.41, 5.74) is 0.854. The number of esters is 2. The van der Waals surface area contributed by atoms with Crippen molar-refractivity contribution in [1.29, 1.82) is 0 Å². The summed E-state index contributed by atoms with van der Waals surface area (Å²) in [6, 6.07) is 2.95. The molecule has 0 radical (unpaired) electrons. The number of nitrogens with one attached hydrogen (secondary N) is 1. The first-order valence-corrected chi connectivity index (χ1v) is 18.0. The van der Waals surface area contributed by atoms with Crippen LogP contribution in [-0.4, -0.2) is 78.6 Å². The molecule has 1 unspecified atom stereocenters. The summed E-state index contributed by atoms with van der Waals surface area (Å²) in [6.45, 7) is 3.45. The number of quaternary nitrogens is 1. The highest BCUT2D eigenvalue weighted by Crippen LogP contribution is 2.28. The molecular formula is C36H60ClN5O7. The highest BCUT2D eigenvalue weighted by Gasteiger charge is 2.24. The molecule has 0 aliphatic carbocycles. The van der Waals surface area contributed by atoms with E-state index in [1.165, 1.54) is 63.9 Å². The lowest BCUT2D eigenvalue weighted by atomic mass is 10.1. The first-order chi connectivity index (χ1) is 23.1. The zero-order valence-electron chi connectivity index (χ0n) is 30.3. The van der Waals surface area contributed by atoms with Gasteiger partial charge in [-0.3, -0.25) is 19.7 Å². The number of hydrogen-bond acceptors (Lipinski definition) is 10. The Balaban J connectivity index is 0.0000120. The largest absolute Gasteiger partial charge is 1.00 e. The van der Waals surface area contributed by atoms with Crippen LogP contribution >= 0.6 is 0 Å². The molecule has 0 saturated carbocycles. The molecule has 0 saturated heterocycles. The predicted molar refractivity (Wildman–Crippen MR) is 189 cm³/mol. The van der Waals surface area contributed by atoms with Crippen molar-refractivity contribution in [2.75, 3.05) is 46.2 Å². The average Bonchev–Trinajstić information content (AvgIpc) is 3.53. The van der Waals surface area contributed by atoms with Crippen molar-refractivity contribution in [3.63, 3.8) is 0 Å². The SMILES string of the molecule is CCCCCCCCC=CCCCCCCCC(=O)OCC(C[N+](C)(C)C)OC(=O)CCCCCNc1ccc([N+](=O)[O-])c2nonc12.[Cl-]. The number of halogens is 1. The third kappa shape index (κ3) is 20.1. The van der Waals surface area contributed by atoms with Crippen molar-refractivity contribution in [2.45, 2.75) is 129 Å². The number of non-ortho nitro benzene ring substituents is 1. The van der Waals surface area contributed by atoms with Crippen LogP contribution in [0.25, 0.3) is 11.0 Å². The number of fused-ring (bicyclic) bond motifs is 1. The van der Waals surface area contributed by atoms with Gasteiger partial charge >= 0.3 is 17.6 Å². The molecule has 1 heterocycles. The number of allylic oxidation sites excluding steroid dienone is 2. The molecule has 12 nitrogen and oxygen atoms in total. The van der Waals surface area contributed by atoms with E-state index in [-0.39, 0.29) is 48.6 Å². The highest BCUT2D eigenvalue weighted by molar-refractivity contribution is 5.93. The minimum absolute atomic E-state index is 0. The van der Waals surface area contributed by atoms with Crippen LogP contribution in [-0.2, 0) is 19.1 Å². The lowest BCUT2D eigenvalue weighted by molar-refractivity contribution is -0.873. The Morgan fingerprint density at radius 3 is 2.06 bits per heavy atom. The van der Waals surface area contributed by atoms with Gasteiger partial charge in [-0.2, -0.15) is 0 Å². The summed E-state index contributed by atoms with van der Waals surface area (Å²) in [4.78, 5) is 35.6. The van der Waals surface area contributed by atoms with E-state index in [2.05, 4.69) is 39.3 Å². The van der Waals surface area contributed by atoms with E-state index in [0.717, 1.165) is 38.5 Å². The van der Waals surface area contributed by atoms with Crippen LogP contribution in [0.2, 0.25) is 0 Å². The monoisotopic (exact) mass is 709 g/mol. The fourth-order valence-corrected chi connectivity index (χ4v) is 5.52. The standard InChI is InChI=1S/C36H60N5O7.ClH/c1-5-6-7-8-9-10-11-12-13-14-15-16-17-18-20-23-33(42)46-29-30(28-41(2,3)4)47-34(43)24-21-19-22-27-37-31-25-26-32(40(44)45)36-35(31)38-48-39-36;/h12-13,25-26,30,37H,5-11,14-24,27-29H2,1-4H3;1H/q+1;/p-1. The van der Waals surface area contributed by atoms with Gasteiger partial charge in [0.25, 0.3) is 0 Å². The molecule has 2 aromatic rings. The van der Waals surface area contributed by atoms with E-state index in [4.69, 9.17) is 9.47 Å². The number of carbonyl (C=O) groups excluding carboxylic acids is 2. The van der Waals surface area contributed by atoms with Gasteiger partial charge in [-0.05, 0) is 61.3 Å². The Labute approximate surface area is 298 Å². The quantitative estimate of drug-likeness (QED) is 0.0308. The van der Waals surface area contributed by atoms with Gasteiger partial charge in [-0.1, -0.05) is 76.9 Å². The number of nitro groups is 1. The molecule has 0 spiro atoms. The predicted octanol–water partition coefficient (Wildman–Crippen LogP) is 5.31. The number of aromatic nitrogens is 2. The number of nitro benzene ring substituents is 1. The van der Waals surface area contributed by atoms with Crippen molar-refractivity contribution >= 4 is 34.3 Å². The summed E-state index contributed by atoms with van der Waals surface area (Å²) in [7, 11) is 6.03. The van der Waals surface area contributed by atoms with E-state index < -0.39 is 11.0 Å². The zero-order valence-corrected chi connectivity index (χ0v) is 31.0. The molecule has 1 aromatic carbocycles. The number of likely N-dealkylation sites (N-methyl/N-ethyl adjacent to an activating group) is 1. The van der Waals surface area contributed by atoms with E-state index in [1.807, 2.05) is 21.1 Å². The van der Waals surface area contributed by atoms with Crippen molar-refractivity contribution in [3.05, 3.63) is 34.4 Å². The fraction of sp³-hybridized carbons (Fsp3) is 0.722. The number of hydrogen-bond donors (Lipinski definition) is 1. The first kappa shape index (κ1) is 43.8. The Morgan fingerprint density at radius 2 is 1.43 bits per heavy atom. The van der Waals surface area contributed by atoms with Gasteiger partial charge < -0.3 is 31.7 Å². The Hall–Kier alpha value is -3.25. The van der Waals surface area contributed by atoms with E-state index in [0.29, 0.717) is 41.6 Å². The van der Waals surface area contributed by atoms with Crippen molar-refractivity contribution < 1.29 is 45.5 Å². The number of rotatable bonds is 28. The van der Waals surface area contributed by atoms with E-state index in [9.17, 15) is 19.7 Å². The summed E-state index contributed by atoms with van der Waals surface area (Å²) >= 11 is 0. The number of nitrogens with zero attached hydrogens (tertiary/aromatic N) is 4. The summed E-state index contributed by atoms with van der Waals surface area (Å²) in [5.74, 6) is -0.547. The summed E-state index contributed by atoms with van der Waals surface area (Å²) in [6.07, 6.45) is 22.7. The second-order valence-corrected chi connectivity index (χ2v) is 13.7. The second kappa shape index (κ2) is 25.7. The normalized spacial score (nSPS) is 12.2. The molecule has 0 fully saturated rings. The maximum Gasteiger partial charge on any atom is 0.306 e. The first-order valence-electron chi connectivity index (χ1n) is 18.0. The molecule has 278 valence electrons. The molecule has 13 heteroatoms. The van der Waals surface area contributed by atoms with E-state index >= 15 is 0 Å². The number of ether oxygens (including phenoxy) is 2. The van der Waals surface area contributed by atoms with Crippen LogP contribution in [0.15, 0.2) is 28.9 Å². The topological polar surface area (TPSA) is 147 Å². The molecule has 0 bridgehead atoms. The molecule has 0 aliphatic heterocycles. The molecule has 49 heavy (non-hydrogen) atoms. The molecule has 1 N–H and O–H groups in total. The number of carbonyl (C=O) groups is 2. The minimum Gasteiger partial charge on any atom is -1.00 e. The van der Waals surface area contributed by atoms with Gasteiger partial charge in [0, 0.05) is 25.5 Å². The third-order valence-electron chi connectivity index (χ3n) is 8.09. The minimum atomic E-state index is -0.523. The Bertz CT molecular complexity index is 1250. The van der Waals surface area contributed by atoms with Gasteiger partial charge in [0.05, 0.1) is 31.8 Å². The third-order valence-corrected chi connectivity index (χ3v) is 8.09. The lowest BCUT2D eigenvalue weighted by Crippen LogP contribution is -3.00. The number of unbranched alkanes of at least 4 members (excludes halogenated alkanes) is 13. The van der Waals surface area contributed by atoms with Gasteiger partial charge in [0.1, 0.15) is 13.2 Å². The number of benzene rings is 1. The van der Waals surface area contributed by atoms with Gasteiger partial charge in [0.15, 0.2) is 11.6 Å². The van der Waals surface area contributed by atoms with Crippen LogP contribution in [0.3, 0.4) is 0 Å². The second-order valence-electron chi connectivity index (χ2n) is 13.7. The fourth-order valence-electron chi connectivity index (χ4n) is 5.52. The van der Waals surface area contributed by atoms with Gasteiger partial charge in [-0.25, -0.2) is 4.63 Å². The number of anilines is 1.